The Morgan fingerprint density at radius 3 is 2.85 bits per heavy atom. The Bertz CT molecular complexity index is 334. The van der Waals surface area contributed by atoms with Crippen LogP contribution in [0.4, 0.5) is 6.01 Å². The predicted molar refractivity (Wildman–Crippen MR) is 45.9 cm³/mol. The van der Waals surface area contributed by atoms with E-state index in [9.17, 15) is 9.59 Å². The molecule has 0 radical (unpaired) electrons. The summed E-state index contributed by atoms with van der Waals surface area (Å²) in [6.07, 6.45) is 1.24. The number of amides is 1. The summed E-state index contributed by atoms with van der Waals surface area (Å²) in [6.45, 7) is 1.34. The summed E-state index contributed by atoms with van der Waals surface area (Å²) in [7, 11) is 0. The number of Topliss-reactive ketones (excluding diaryl/α,β-unsaturated/α-hetero) is 1. The molecule has 1 aromatic heterocycles. The minimum atomic E-state index is -0.432. The van der Waals surface area contributed by atoms with Gasteiger partial charge in [-0.1, -0.05) is 0 Å². The largest absolute Gasteiger partial charge is 0.420 e. The molecular formula is C7H7ClN2O3. The van der Waals surface area contributed by atoms with Crippen LogP contribution in [0.3, 0.4) is 0 Å². The number of carbonyl (C=O) groups is 2. The van der Waals surface area contributed by atoms with E-state index in [-0.39, 0.29) is 23.4 Å². The van der Waals surface area contributed by atoms with E-state index >= 15 is 0 Å². The SMILES string of the molecule is CC(=O)c1cnc(NC(=O)CCl)o1. The lowest BCUT2D eigenvalue weighted by molar-refractivity contribution is -0.114. The summed E-state index contributed by atoms with van der Waals surface area (Å²) in [6, 6.07) is -0.0177. The molecule has 0 aliphatic heterocycles. The molecule has 0 bridgehead atoms. The number of aromatic nitrogens is 1. The molecule has 5 nitrogen and oxygen atoms in total. The van der Waals surface area contributed by atoms with Crippen LogP contribution in [0.1, 0.15) is 17.5 Å². The Morgan fingerprint density at radius 2 is 2.38 bits per heavy atom. The molecule has 0 spiro atoms. The van der Waals surface area contributed by atoms with E-state index in [1.54, 1.807) is 0 Å². The molecule has 1 aromatic rings. The highest BCUT2D eigenvalue weighted by Gasteiger charge is 2.09. The van der Waals surface area contributed by atoms with Gasteiger partial charge in [-0.05, 0) is 0 Å². The lowest BCUT2D eigenvalue weighted by Gasteiger charge is -1.94. The van der Waals surface area contributed by atoms with Crippen molar-refractivity contribution in [1.29, 1.82) is 0 Å². The molecule has 6 heteroatoms. The van der Waals surface area contributed by atoms with Crippen molar-refractivity contribution in [3.8, 4) is 0 Å². The third-order valence-corrected chi connectivity index (χ3v) is 1.46. The maximum Gasteiger partial charge on any atom is 0.302 e. The first-order chi connectivity index (χ1) is 6.13. The first-order valence-corrected chi connectivity index (χ1v) is 3.99. The van der Waals surface area contributed by atoms with Crippen LogP contribution in [0.25, 0.3) is 0 Å². The van der Waals surface area contributed by atoms with Crippen LogP contribution < -0.4 is 5.32 Å². The van der Waals surface area contributed by atoms with Crippen molar-refractivity contribution in [1.82, 2.24) is 4.98 Å². The van der Waals surface area contributed by atoms with E-state index in [1.807, 2.05) is 0 Å². The van der Waals surface area contributed by atoms with Crippen molar-refractivity contribution >= 4 is 29.3 Å². The van der Waals surface area contributed by atoms with Gasteiger partial charge in [-0.25, -0.2) is 4.98 Å². The van der Waals surface area contributed by atoms with Gasteiger partial charge in [0.25, 0.3) is 0 Å². The normalized spacial score (nSPS) is 9.69. The summed E-state index contributed by atoms with van der Waals surface area (Å²) < 4.78 is 4.87. The second-order valence-corrected chi connectivity index (χ2v) is 2.53. The van der Waals surface area contributed by atoms with Crippen LogP contribution in [0.15, 0.2) is 10.6 Å². The van der Waals surface area contributed by atoms with Gasteiger partial charge in [0.2, 0.25) is 5.91 Å². The molecule has 0 unspecified atom stereocenters. The molecule has 0 aliphatic carbocycles. The number of oxazole rings is 1. The average molecular weight is 203 g/mol. The standard InChI is InChI=1S/C7H7ClN2O3/c1-4(11)5-3-9-7(13-5)10-6(12)2-8/h3H,2H2,1H3,(H,9,10,12). The predicted octanol–water partition coefficient (Wildman–Crippen LogP) is 1.05. The average Bonchev–Trinajstić information content (AvgIpc) is 2.52. The van der Waals surface area contributed by atoms with Gasteiger partial charge in [0.1, 0.15) is 5.88 Å². The number of ketones is 1. The quantitative estimate of drug-likeness (QED) is 0.588. The van der Waals surface area contributed by atoms with Crippen LogP contribution in [-0.2, 0) is 4.79 Å². The molecule has 1 rings (SSSR count). The number of hydrogen-bond acceptors (Lipinski definition) is 4. The minimum Gasteiger partial charge on any atom is -0.420 e. The first kappa shape index (κ1) is 9.73. The summed E-state index contributed by atoms with van der Waals surface area (Å²) >= 11 is 5.22. The summed E-state index contributed by atoms with van der Waals surface area (Å²) in [5.41, 5.74) is 0. The molecule has 1 heterocycles. The number of rotatable bonds is 3. The molecule has 0 aromatic carbocycles. The highest BCUT2D eigenvalue weighted by atomic mass is 35.5. The van der Waals surface area contributed by atoms with Gasteiger partial charge in [-0.15, -0.1) is 11.6 Å². The van der Waals surface area contributed by atoms with Gasteiger partial charge in [0, 0.05) is 6.92 Å². The smallest absolute Gasteiger partial charge is 0.302 e. The van der Waals surface area contributed by atoms with E-state index in [0.717, 1.165) is 0 Å². The molecular weight excluding hydrogens is 196 g/mol. The number of hydrogen-bond donors (Lipinski definition) is 1. The zero-order chi connectivity index (χ0) is 9.84. The number of alkyl halides is 1. The van der Waals surface area contributed by atoms with Gasteiger partial charge in [0.15, 0.2) is 11.5 Å². The summed E-state index contributed by atoms with van der Waals surface area (Å²) in [5.74, 6) is -0.764. The van der Waals surface area contributed by atoms with E-state index < -0.39 is 5.91 Å². The second kappa shape index (κ2) is 4.04. The van der Waals surface area contributed by atoms with Crippen LogP contribution in [0.5, 0.6) is 0 Å². The molecule has 70 valence electrons. The van der Waals surface area contributed by atoms with Gasteiger partial charge in [0.05, 0.1) is 6.20 Å². The zero-order valence-corrected chi connectivity index (χ0v) is 7.59. The van der Waals surface area contributed by atoms with Crippen LogP contribution in [0.2, 0.25) is 0 Å². The van der Waals surface area contributed by atoms with Crippen molar-refractivity contribution in [3.05, 3.63) is 12.0 Å². The van der Waals surface area contributed by atoms with E-state index in [2.05, 4.69) is 10.3 Å². The van der Waals surface area contributed by atoms with Crippen molar-refractivity contribution in [3.63, 3.8) is 0 Å². The number of nitrogens with one attached hydrogen (secondary N) is 1. The maximum atomic E-state index is 10.7. The Hall–Kier alpha value is -1.36. The van der Waals surface area contributed by atoms with Crippen LogP contribution in [-0.4, -0.2) is 22.6 Å². The highest BCUT2D eigenvalue weighted by molar-refractivity contribution is 6.28. The molecule has 0 saturated heterocycles. The van der Waals surface area contributed by atoms with Gasteiger partial charge in [-0.2, -0.15) is 0 Å². The van der Waals surface area contributed by atoms with E-state index in [4.69, 9.17) is 16.0 Å². The molecule has 0 aliphatic rings. The highest BCUT2D eigenvalue weighted by Crippen LogP contribution is 2.08. The monoisotopic (exact) mass is 202 g/mol. The second-order valence-electron chi connectivity index (χ2n) is 2.27. The Labute approximate surface area is 79.1 Å². The lowest BCUT2D eigenvalue weighted by atomic mass is 10.4. The fraction of sp³-hybridized carbons (Fsp3) is 0.286. The maximum absolute atomic E-state index is 10.7. The Kier molecular flexibility index (Phi) is 3.02. The lowest BCUT2D eigenvalue weighted by Crippen LogP contribution is -2.12. The van der Waals surface area contributed by atoms with Crippen molar-refractivity contribution in [2.75, 3.05) is 11.2 Å². The van der Waals surface area contributed by atoms with E-state index in [1.165, 1.54) is 13.1 Å². The van der Waals surface area contributed by atoms with Gasteiger partial charge < -0.3 is 4.42 Å². The van der Waals surface area contributed by atoms with Gasteiger partial charge in [-0.3, -0.25) is 14.9 Å². The third-order valence-electron chi connectivity index (χ3n) is 1.22. The fourth-order valence-electron chi connectivity index (χ4n) is 0.647. The molecule has 0 atom stereocenters. The van der Waals surface area contributed by atoms with Crippen LogP contribution >= 0.6 is 11.6 Å². The Balaban J connectivity index is 2.69. The van der Waals surface area contributed by atoms with Crippen LogP contribution in [0, 0.1) is 0 Å². The van der Waals surface area contributed by atoms with E-state index in [0.29, 0.717) is 0 Å². The summed E-state index contributed by atoms with van der Waals surface area (Å²) in [5, 5.41) is 2.27. The van der Waals surface area contributed by atoms with Crippen molar-refractivity contribution in [2.45, 2.75) is 6.92 Å². The number of halogens is 1. The topological polar surface area (TPSA) is 72.2 Å². The molecule has 1 N–H and O–H groups in total. The molecule has 0 saturated carbocycles. The minimum absolute atomic E-state index is 0.0177. The molecule has 0 fully saturated rings. The number of anilines is 1. The molecule has 13 heavy (non-hydrogen) atoms. The van der Waals surface area contributed by atoms with Gasteiger partial charge >= 0.3 is 6.01 Å². The first-order valence-electron chi connectivity index (χ1n) is 3.46. The zero-order valence-electron chi connectivity index (χ0n) is 6.83. The molecule has 1 amide bonds. The number of carbonyl (C=O) groups excluding carboxylic acids is 2. The fourth-order valence-corrected chi connectivity index (χ4v) is 0.714. The Morgan fingerprint density at radius 1 is 1.69 bits per heavy atom. The third kappa shape index (κ3) is 2.55. The van der Waals surface area contributed by atoms with Crippen molar-refractivity contribution in [2.24, 2.45) is 0 Å². The summed E-state index contributed by atoms with van der Waals surface area (Å²) in [4.78, 5) is 25.1. The number of nitrogens with zero attached hydrogens (tertiary/aromatic N) is 1. The van der Waals surface area contributed by atoms with Crippen molar-refractivity contribution < 1.29 is 14.0 Å².